The number of benzene rings is 1. The Morgan fingerprint density at radius 3 is 2.68 bits per heavy atom. The van der Waals surface area contributed by atoms with Crippen LogP contribution in [0.2, 0.25) is 0 Å². The van der Waals surface area contributed by atoms with Gasteiger partial charge in [0.05, 0.1) is 26.9 Å². The van der Waals surface area contributed by atoms with Gasteiger partial charge in [-0.25, -0.2) is 4.98 Å². The van der Waals surface area contributed by atoms with Crippen LogP contribution >= 0.6 is 0 Å². The van der Waals surface area contributed by atoms with Crippen molar-refractivity contribution >= 4 is 39.3 Å². The maximum Gasteiger partial charge on any atom is 0.225 e. The molecule has 22 heavy (non-hydrogen) atoms. The quantitative estimate of drug-likeness (QED) is 0.774. The predicted octanol–water partition coefficient (Wildman–Crippen LogP) is 2.49. The summed E-state index contributed by atoms with van der Waals surface area (Å²) in [5.74, 6) is 1.22. The second-order valence-corrected chi connectivity index (χ2v) is 6.23. The average molecular weight is 315 g/mol. The SMILES string of the molecule is CNc1nc(Nc2ccccc2S(C)=O)c2c(ccn2C)n1. The van der Waals surface area contributed by atoms with Crippen molar-refractivity contribution in [2.24, 2.45) is 7.05 Å². The van der Waals surface area contributed by atoms with Crippen LogP contribution in [-0.2, 0) is 17.8 Å². The van der Waals surface area contributed by atoms with Crippen molar-refractivity contribution in [2.45, 2.75) is 4.90 Å². The first-order chi connectivity index (χ1) is 10.6. The number of hydrogen-bond acceptors (Lipinski definition) is 5. The lowest BCUT2D eigenvalue weighted by molar-refractivity contribution is 0.687. The summed E-state index contributed by atoms with van der Waals surface area (Å²) in [5, 5.41) is 6.25. The van der Waals surface area contributed by atoms with Crippen molar-refractivity contribution in [2.75, 3.05) is 23.9 Å². The molecule has 0 spiro atoms. The minimum Gasteiger partial charge on any atom is -0.357 e. The summed E-state index contributed by atoms with van der Waals surface area (Å²) >= 11 is 0. The number of anilines is 3. The largest absolute Gasteiger partial charge is 0.357 e. The molecule has 1 aromatic carbocycles. The van der Waals surface area contributed by atoms with Crippen molar-refractivity contribution in [1.29, 1.82) is 0 Å². The summed E-state index contributed by atoms with van der Waals surface area (Å²) in [6.45, 7) is 0. The van der Waals surface area contributed by atoms with Crippen LogP contribution in [0.5, 0.6) is 0 Å². The monoisotopic (exact) mass is 315 g/mol. The molecule has 0 amide bonds. The summed E-state index contributed by atoms with van der Waals surface area (Å²) < 4.78 is 13.8. The van der Waals surface area contributed by atoms with E-state index >= 15 is 0 Å². The van der Waals surface area contributed by atoms with Gasteiger partial charge in [0, 0.05) is 26.5 Å². The molecule has 0 fully saturated rings. The molecule has 0 aliphatic carbocycles. The Balaban J connectivity index is 2.15. The minimum atomic E-state index is -1.08. The van der Waals surface area contributed by atoms with E-state index in [-0.39, 0.29) is 0 Å². The molecule has 1 unspecified atom stereocenters. The van der Waals surface area contributed by atoms with Gasteiger partial charge in [0.2, 0.25) is 5.95 Å². The zero-order valence-corrected chi connectivity index (χ0v) is 13.4. The molecule has 1 atom stereocenters. The fourth-order valence-corrected chi connectivity index (χ4v) is 3.04. The lowest BCUT2D eigenvalue weighted by Gasteiger charge is -2.12. The highest BCUT2D eigenvalue weighted by Gasteiger charge is 2.13. The van der Waals surface area contributed by atoms with Crippen molar-refractivity contribution < 1.29 is 4.21 Å². The number of fused-ring (bicyclic) bond motifs is 1. The third-order valence-electron chi connectivity index (χ3n) is 3.39. The second kappa shape index (κ2) is 5.76. The molecule has 0 saturated carbocycles. The van der Waals surface area contributed by atoms with E-state index in [0.717, 1.165) is 21.6 Å². The van der Waals surface area contributed by atoms with Gasteiger partial charge in [0.1, 0.15) is 5.52 Å². The minimum absolute atomic E-state index is 0.538. The Bertz CT molecular complexity index is 858. The third kappa shape index (κ3) is 2.55. The van der Waals surface area contributed by atoms with E-state index in [1.807, 2.05) is 48.1 Å². The first-order valence-corrected chi connectivity index (χ1v) is 8.36. The molecule has 2 aromatic heterocycles. The number of para-hydroxylation sites is 1. The molecular formula is C15H17N5OS. The Morgan fingerprint density at radius 2 is 1.95 bits per heavy atom. The zero-order chi connectivity index (χ0) is 15.7. The Morgan fingerprint density at radius 1 is 1.18 bits per heavy atom. The van der Waals surface area contributed by atoms with Gasteiger partial charge < -0.3 is 15.2 Å². The van der Waals surface area contributed by atoms with Crippen LogP contribution in [0.1, 0.15) is 0 Å². The van der Waals surface area contributed by atoms with Gasteiger partial charge in [-0.05, 0) is 18.2 Å². The van der Waals surface area contributed by atoms with Gasteiger partial charge in [-0.1, -0.05) is 12.1 Å². The van der Waals surface area contributed by atoms with Crippen LogP contribution in [0.3, 0.4) is 0 Å². The second-order valence-electron chi connectivity index (χ2n) is 4.88. The maximum atomic E-state index is 11.9. The van der Waals surface area contributed by atoms with E-state index in [4.69, 9.17) is 0 Å². The molecule has 7 heteroatoms. The molecule has 0 aliphatic heterocycles. The number of nitrogens with one attached hydrogen (secondary N) is 2. The molecule has 3 rings (SSSR count). The summed E-state index contributed by atoms with van der Waals surface area (Å²) in [6, 6.07) is 9.46. The topological polar surface area (TPSA) is 71.8 Å². The van der Waals surface area contributed by atoms with Crippen molar-refractivity contribution in [3.05, 3.63) is 36.5 Å². The molecule has 114 valence electrons. The Hall–Kier alpha value is -2.41. The van der Waals surface area contributed by atoms with E-state index in [1.54, 1.807) is 13.3 Å². The fraction of sp³-hybridized carbons (Fsp3) is 0.200. The van der Waals surface area contributed by atoms with Crippen LogP contribution in [0.25, 0.3) is 11.0 Å². The molecule has 0 bridgehead atoms. The van der Waals surface area contributed by atoms with E-state index in [1.165, 1.54) is 0 Å². The van der Waals surface area contributed by atoms with Gasteiger partial charge in [0.25, 0.3) is 0 Å². The van der Waals surface area contributed by atoms with Crippen LogP contribution in [0.15, 0.2) is 41.4 Å². The molecule has 2 N–H and O–H groups in total. The lowest BCUT2D eigenvalue weighted by Crippen LogP contribution is -2.05. The maximum absolute atomic E-state index is 11.9. The molecule has 3 aromatic rings. The van der Waals surface area contributed by atoms with Crippen LogP contribution < -0.4 is 10.6 Å². The number of rotatable bonds is 4. The Labute approximate surface area is 131 Å². The van der Waals surface area contributed by atoms with Crippen LogP contribution in [0.4, 0.5) is 17.5 Å². The van der Waals surface area contributed by atoms with E-state index < -0.39 is 10.8 Å². The fourth-order valence-electron chi connectivity index (χ4n) is 2.34. The Kier molecular flexibility index (Phi) is 3.81. The van der Waals surface area contributed by atoms with E-state index in [0.29, 0.717) is 11.8 Å². The summed E-state index contributed by atoms with van der Waals surface area (Å²) in [6.07, 6.45) is 3.60. The number of nitrogens with zero attached hydrogens (tertiary/aromatic N) is 3. The standard InChI is InChI=1S/C15H17N5OS/c1-16-15-18-11-8-9-20(2)13(11)14(19-15)17-10-6-4-5-7-12(10)22(3)21/h4-9H,1-3H3,(H2,16,17,18,19). The van der Waals surface area contributed by atoms with Crippen molar-refractivity contribution in [3.63, 3.8) is 0 Å². The highest BCUT2D eigenvalue weighted by Crippen LogP contribution is 2.28. The van der Waals surface area contributed by atoms with E-state index in [9.17, 15) is 4.21 Å². The molecule has 0 radical (unpaired) electrons. The average Bonchev–Trinajstić information content (AvgIpc) is 2.89. The third-order valence-corrected chi connectivity index (χ3v) is 4.37. The first kappa shape index (κ1) is 14.5. The van der Waals surface area contributed by atoms with Crippen LogP contribution in [0, 0.1) is 0 Å². The highest BCUT2D eigenvalue weighted by atomic mass is 32.2. The van der Waals surface area contributed by atoms with Gasteiger partial charge in [0.15, 0.2) is 5.82 Å². The smallest absolute Gasteiger partial charge is 0.225 e. The van der Waals surface area contributed by atoms with Gasteiger partial charge in [-0.2, -0.15) is 4.98 Å². The summed E-state index contributed by atoms with van der Waals surface area (Å²) in [5.41, 5.74) is 2.53. The van der Waals surface area contributed by atoms with E-state index in [2.05, 4.69) is 20.6 Å². The van der Waals surface area contributed by atoms with Crippen molar-refractivity contribution in [3.8, 4) is 0 Å². The zero-order valence-electron chi connectivity index (χ0n) is 12.6. The molecule has 2 heterocycles. The summed E-state index contributed by atoms with van der Waals surface area (Å²) in [7, 11) is 2.65. The lowest BCUT2D eigenvalue weighted by atomic mass is 10.3. The number of aryl methyl sites for hydroxylation is 1. The molecule has 0 saturated heterocycles. The normalized spacial score (nSPS) is 12.3. The predicted molar refractivity (Wildman–Crippen MR) is 90.1 cm³/mol. The van der Waals surface area contributed by atoms with Gasteiger partial charge in [-0.15, -0.1) is 0 Å². The molecule has 6 nitrogen and oxygen atoms in total. The summed E-state index contributed by atoms with van der Waals surface area (Å²) in [4.78, 5) is 9.67. The molecule has 0 aliphatic rings. The van der Waals surface area contributed by atoms with Crippen LogP contribution in [-0.4, -0.2) is 32.0 Å². The first-order valence-electron chi connectivity index (χ1n) is 6.80. The number of hydrogen-bond donors (Lipinski definition) is 2. The van der Waals surface area contributed by atoms with Gasteiger partial charge >= 0.3 is 0 Å². The van der Waals surface area contributed by atoms with Crippen molar-refractivity contribution in [1.82, 2.24) is 14.5 Å². The molecular weight excluding hydrogens is 298 g/mol. The van der Waals surface area contributed by atoms with Gasteiger partial charge in [-0.3, -0.25) is 4.21 Å². The number of aromatic nitrogens is 3. The highest BCUT2D eigenvalue weighted by molar-refractivity contribution is 7.84.